The smallest absolute Gasteiger partial charge is 0.251 e. The van der Waals surface area contributed by atoms with Gasteiger partial charge in [-0.15, -0.1) is 0 Å². The Labute approximate surface area is 149 Å². The third-order valence-electron chi connectivity index (χ3n) is 4.90. The Morgan fingerprint density at radius 1 is 1.04 bits per heavy atom. The first-order valence-electron chi connectivity index (χ1n) is 8.86. The van der Waals surface area contributed by atoms with E-state index in [4.69, 9.17) is 4.74 Å². The molecule has 1 aliphatic rings. The molecule has 0 spiro atoms. The number of amides is 1. The number of carbonyl (C=O) groups excluding carboxylic acids is 1. The summed E-state index contributed by atoms with van der Waals surface area (Å²) in [7, 11) is 0. The Hall–Kier alpha value is -2.17. The third kappa shape index (κ3) is 4.47. The highest BCUT2D eigenvalue weighted by Gasteiger charge is 2.14. The van der Waals surface area contributed by atoms with E-state index in [1.54, 1.807) is 0 Å². The maximum absolute atomic E-state index is 12.6. The van der Waals surface area contributed by atoms with E-state index in [1.807, 2.05) is 38.1 Å². The summed E-state index contributed by atoms with van der Waals surface area (Å²) < 4.78 is 5.42. The van der Waals surface area contributed by atoms with Crippen LogP contribution < -0.4 is 5.32 Å². The molecule has 4 heteroatoms. The van der Waals surface area contributed by atoms with Crippen molar-refractivity contribution >= 4 is 5.91 Å². The van der Waals surface area contributed by atoms with Gasteiger partial charge in [0, 0.05) is 31.7 Å². The van der Waals surface area contributed by atoms with E-state index in [1.165, 1.54) is 11.1 Å². The summed E-state index contributed by atoms with van der Waals surface area (Å²) >= 11 is 0. The first-order valence-corrected chi connectivity index (χ1v) is 8.86. The van der Waals surface area contributed by atoms with E-state index in [0.29, 0.717) is 6.54 Å². The number of nitrogens with one attached hydrogen (secondary N) is 1. The number of nitrogens with zero attached hydrogens (tertiary/aromatic N) is 1. The Bertz CT molecular complexity index is 736. The van der Waals surface area contributed by atoms with Crippen molar-refractivity contribution in [3.63, 3.8) is 0 Å². The molecule has 25 heavy (non-hydrogen) atoms. The fraction of sp³-hybridized carbons (Fsp3) is 0.381. The predicted octanol–water partition coefficient (Wildman–Crippen LogP) is 3.07. The highest BCUT2D eigenvalue weighted by Crippen LogP contribution is 2.15. The SMILES string of the molecule is Cc1cccc(C(=O)NCc2ccccc2CN2CCOCC2)c1C. The molecule has 1 fully saturated rings. The number of hydrogen-bond donors (Lipinski definition) is 1. The minimum absolute atomic E-state index is 0.0117. The molecule has 0 aromatic heterocycles. The fourth-order valence-corrected chi connectivity index (χ4v) is 3.15. The monoisotopic (exact) mass is 338 g/mol. The van der Waals surface area contributed by atoms with Gasteiger partial charge in [-0.05, 0) is 42.2 Å². The van der Waals surface area contributed by atoms with Crippen LogP contribution in [0.4, 0.5) is 0 Å². The van der Waals surface area contributed by atoms with Crippen molar-refractivity contribution in [3.05, 3.63) is 70.3 Å². The van der Waals surface area contributed by atoms with Crippen molar-refractivity contribution in [2.75, 3.05) is 26.3 Å². The van der Waals surface area contributed by atoms with Crippen molar-refractivity contribution in [1.82, 2.24) is 10.2 Å². The van der Waals surface area contributed by atoms with Crippen molar-refractivity contribution in [1.29, 1.82) is 0 Å². The molecule has 1 amide bonds. The molecule has 2 aromatic rings. The summed E-state index contributed by atoms with van der Waals surface area (Å²) in [6, 6.07) is 14.2. The summed E-state index contributed by atoms with van der Waals surface area (Å²) in [5, 5.41) is 3.08. The lowest BCUT2D eigenvalue weighted by molar-refractivity contribution is 0.0340. The summed E-state index contributed by atoms with van der Waals surface area (Å²) in [6.07, 6.45) is 0. The molecule has 4 nitrogen and oxygen atoms in total. The Balaban J connectivity index is 1.66. The Kier molecular flexibility index (Phi) is 5.84. The molecule has 1 heterocycles. The van der Waals surface area contributed by atoms with Gasteiger partial charge in [0.2, 0.25) is 0 Å². The molecular weight excluding hydrogens is 312 g/mol. The van der Waals surface area contributed by atoms with Crippen molar-refractivity contribution < 1.29 is 9.53 Å². The molecule has 1 aliphatic heterocycles. The lowest BCUT2D eigenvalue weighted by Gasteiger charge is -2.27. The maximum Gasteiger partial charge on any atom is 0.251 e. The molecule has 0 bridgehead atoms. The van der Waals surface area contributed by atoms with Crippen LogP contribution in [0.5, 0.6) is 0 Å². The van der Waals surface area contributed by atoms with Crippen LogP contribution in [0.3, 0.4) is 0 Å². The van der Waals surface area contributed by atoms with Gasteiger partial charge in [-0.2, -0.15) is 0 Å². The van der Waals surface area contributed by atoms with Crippen LogP contribution in [-0.4, -0.2) is 37.1 Å². The molecule has 1 N–H and O–H groups in total. The number of hydrogen-bond acceptors (Lipinski definition) is 3. The molecular formula is C21H26N2O2. The van der Waals surface area contributed by atoms with Gasteiger partial charge in [-0.1, -0.05) is 36.4 Å². The van der Waals surface area contributed by atoms with Gasteiger partial charge in [0.25, 0.3) is 5.91 Å². The van der Waals surface area contributed by atoms with Gasteiger partial charge in [-0.3, -0.25) is 9.69 Å². The van der Waals surface area contributed by atoms with Crippen LogP contribution >= 0.6 is 0 Å². The van der Waals surface area contributed by atoms with Crippen LogP contribution in [0, 0.1) is 13.8 Å². The van der Waals surface area contributed by atoms with Crippen LogP contribution in [0.15, 0.2) is 42.5 Å². The highest BCUT2D eigenvalue weighted by molar-refractivity contribution is 5.95. The number of carbonyl (C=O) groups is 1. The lowest BCUT2D eigenvalue weighted by atomic mass is 10.0. The minimum Gasteiger partial charge on any atom is -0.379 e. The number of morpholine rings is 1. The quantitative estimate of drug-likeness (QED) is 0.911. The largest absolute Gasteiger partial charge is 0.379 e. The van der Waals surface area contributed by atoms with Crippen molar-refractivity contribution in [3.8, 4) is 0 Å². The average Bonchev–Trinajstić information content (AvgIpc) is 2.64. The lowest BCUT2D eigenvalue weighted by Crippen LogP contribution is -2.36. The molecule has 0 radical (unpaired) electrons. The fourth-order valence-electron chi connectivity index (χ4n) is 3.15. The predicted molar refractivity (Wildman–Crippen MR) is 99.6 cm³/mol. The topological polar surface area (TPSA) is 41.6 Å². The van der Waals surface area contributed by atoms with Gasteiger partial charge in [0.05, 0.1) is 13.2 Å². The Morgan fingerprint density at radius 3 is 2.52 bits per heavy atom. The zero-order valence-electron chi connectivity index (χ0n) is 15.0. The second-order valence-corrected chi connectivity index (χ2v) is 6.59. The number of ether oxygens (including phenoxy) is 1. The Morgan fingerprint density at radius 2 is 1.76 bits per heavy atom. The second kappa shape index (κ2) is 8.28. The molecule has 0 saturated carbocycles. The number of rotatable bonds is 5. The molecule has 1 saturated heterocycles. The van der Waals surface area contributed by atoms with Crippen molar-refractivity contribution in [2.45, 2.75) is 26.9 Å². The van der Waals surface area contributed by atoms with E-state index < -0.39 is 0 Å². The highest BCUT2D eigenvalue weighted by atomic mass is 16.5. The van der Waals surface area contributed by atoms with Gasteiger partial charge < -0.3 is 10.1 Å². The summed E-state index contributed by atoms with van der Waals surface area (Å²) in [6.45, 7) is 9.00. The maximum atomic E-state index is 12.6. The minimum atomic E-state index is -0.0117. The van der Waals surface area contributed by atoms with Gasteiger partial charge in [-0.25, -0.2) is 0 Å². The van der Waals surface area contributed by atoms with Crippen LogP contribution in [0.1, 0.15) is 32.6 Å². The van der Waals surface area contributed by atoms with Gasteiger partial charge in [0.15, 0.2) is 0 Å². The molecule has 132 valence electrons. The van der Waals surface area contributed by atoms with E-state index in [0.717, 1.165) is 49.5 Å². The average molecular weight is 338 g/mol. The van der Waals surface area contributed by atoms with E-state index in [9.17, 15) is 4.79 Å². The van der Waals surface area contributed by atoms with Gasteiger partial charge >= 0.3 is 0 Å². The standard InChI is InChI=1S/C21H26N2O2/c1-16-6-5-9-20(17(16)2)21(24)22-14-18-7-3-4-8-19(18)15-23-10-12-25-13-11-23/h3-9H,10-15H2,1-2H3,(H,22,24). The van der Waals surface area contributed by atoms with E-state index in [2.05, 4.69) is 28.4 Å². The first kappa shape index (κ1) is 17.6. The summed E-state index contributed by atoms with van der Waals surface area (Å²) in [5.74, 6) is -0.0117. The zero-order valence-corrected chi connectivity index (χ0v) is 15.0. The summed E-state index contributed by atoms with van der Waals surface area (Å²) in [5.41, 5.74) is 5.38. The number of aryl methyl sites for hydroxylation is 1. The normalized spacial score (nSPS) is 15.1. The van der Waals surface area contributed by atoms with Gasteiger partial charge in [0.1, 0.15) is 0 Å². The molecule has 0 atom stereocenters. The van der Waals surface area contributed by atoms with Crippen LogP contribution in [0.25, 0.3) is 0 Å². The zero-order chi connectivity index (χ0) is 17.6. The third-order valence-corrected chi connectivity index (χ3v) is 4.90. The molecule has 0 aliphatic carbocycles. The van der Waals surface area contributed by atoms with E-state index >= 15 is 0 Å². The second-order valence-electron chi connectivity index (χ2n) is 6.59. The first-order chi connectivity index (χ1) is 12.1. The number of benzene rings is 2. The molecule has 0 unspecified atom stereocenters. The van der Waals surface area contributed by atoms with Crippen LogP contribution in [0.2, 0.25) is 0 Å². The molecule has 2 aromatic carbocycles. The van der Waals surface area contributed by atoms with Crippen molar-refractivity contribution in [2.24, 2.45) is 0 Å². The van der Waals surface area contributed by atoms with E-state index in [-0.39, 0.29) is 5.91 Å². The van der Waals surface area contributed by atoms with Crippen LogP contribution in [-0.2, 0) is 17.8 Å². The summed E-state index contributed by atoms with van der Waals surface area (Å²) in [4.78, 5) is 15.0. The molecule has 3 rings (SSSR count).